The quantitative estimate of drug-likeness (QED) is 0.148. The molecule has 0 N–H and O–H groups in total. The van der Waals surface area contributed by atoms with E-state index < -0.39 is 0 Å². The van der Waals surface area contributed by atoms with E-state index in [1.807, 2.05) is 36.4 Å². The molecule has 0 fully saturated rings. The summed E-state index contributed by atoms with van der Waals surface area (Å²) < 4.78 is 2.31. The number of halogens is 2. The van der Waals surface area contributed by atoms with Crippen molar-refractivity contribution >= 4 is 56.6 Å². The van der Waals surface area contributed by atoms with Gasteiger partial charge in [-0.15, -0.1) is 23.2 Å². The predicted octanol–water partition coefficient (Wildman–Crippen LogP) is 7.78. The first-order valence-electron chi connectivity index (χ1n) is 11.3. The number of Topliss-reactive ketones (excluding diaryl/α,β-unsaturated/α-hetero) is 2. The lowest BCUT2D eigenvalue weighted by atomic mass is 10.0. The van der Waals surface area contributed by atoms with Gasteiger partial charge in [-0.2, -0.15) is 0 Å². The van der Waals surface area contributed by atoms with Crippen LogP contribution in [0.3, 0.4) is 0 Å². The van der Waals surface area contributed by atoms with Gasteiger partial charge in [-0.3, -0.25) is 9.59 Å². The van der Waals surface area contributed by atoms with Gasteiger partial charge >= 0.3 is 0 Å². The minimum absolute atomic E-state index is 0.0433. The molecule has 2 aromatic carbocycles. The van der Waals surface area contributed by atoms with Crippen molar-refractivity contribution in [3.8, 4) is 0 Å². The lowest BCUT2D eigenvalue weighted by molar-refractivity contribution is 0.101. The Morgan fingerprint density at radius 2 is 1.16 bits per heavy atom. The molecule has 0 radical (unpaired) electrons. The van der Waals surface area contributed by atoms with Crippen molar-refractivity contribution in [2.24, 2.45) is 0 Å². The maximum absolute atomic E-state index is 12.1. The lowest BCUT2D eigenvalue weighted by Gasteiger charge is -2.08. The number of hydrogen-bond acceptors (Lipinski definition) is 2. The zero-order valence-electron chi connectivity index (χ0n) is 18.3. The first kappa shape index (κ1) is 23.8. The summed E-state index contributed by atoms with van der Waals surface area (Å²) in [7, 11) is 0. The van der Waals surface area contributed by atoms with Crippen molar-refractivity contribution in [3.63, 3.8) is 0 Å². The van der Waals surface area contributed by atoms with Crippen LogP contribution in [0, 0.1) is 0 Å². The Morgan fingerprint density at radius 1 is 0.710 bits per heavy atom. The van der Waals surface area contributed by atoms with Crippen LogP contribution < -0.4 is 0 Å². The Balaban J connectivity index is 1.86. The standard InChI is InChI=1S/C26H31Cl2NO2/c1-2-3-4-5-6-7-8-9-14-29-23-12-10-19(25(30)17-27)15-21(23)22-16-20(26(31)18-28)11-13-24(22)29/h10-13,15-16H,2-9,14,17-18H2,1H3. The van der Waals surface area contributed by atoms with Gasteiger partial charge in [-0.25, -0.2) is 0 Å². The second-order valence-corrected chi connectivity index (χ2v) is 8.74. The Labute approximate surface area is 194 Å². The Kier molecular flexibility index (Phi) is 8.98. The number of hydrogen-bond donors (Lipinski definition) is 0. The van der Waals surface area contributed by atoms with E-state index in [1.165, 1.54) is 44.9 Å². The van der Waals surface area contributed by atoms with Crippen LogP contribution in [0.1, 0.15) is 79.0 Å². The van der Waals surface area contributed by atoms with Crippen molar-refractivity contribution in [2.75, 3.05) is 11.8 Å². The molecule has 0 saturated carbocycles. The maximum atomic E-state index is 12.1. The highest BCUT2D eigenvalue weighted by Crippen LogP contribution is 2.31. The number of aryl methyl sites for hydroxylation is 1. The minimum Gasteiger partial charge on any atom is -0.340 e. The molecule has 0 aliphatic carbocycles. The monoisotopic (exact) mass is 459 g/mol. The van der Waals surface area contributed by atoms with E-state index >= 15 is 0 Å². The number of aromatic nitrogens is 1. The van der Waals surface area contributed by atoms with E-state index in [0.717, 1.165) is 34.8 Å². The fraction of sp³-hybridized carbons (Fsp3) is 0.462. The Morgan fingerprint density at radius 3 is 1.61 bits per heavy atom. The summed E-state index contributed by atoms with van der Waals surface area (Å²) >= 11 is 11.5. The van der Waals surface area contributed by atoms with Crippen LogP contribution in [0.15, 0.2) is 36.4 Å². The summed E-state index contributed by atoms with van der Waals surface area (Å²) in [5.41, 5.74) is 3.37. The number of ketones is 2. The molecular formula is C26H31Cl2NO2. The lowest BCUT2D eigenvalue weighted by Crippen LogP contribution is -2.01. The van der Waals surface area contributed by atoms with E-state index in [0.29, 0.717) is 11.1 Å². The molecule has 0 saturated heterocycles. The number of unbranched alkanes of at least 4 members (excludes halogenated alkanes) is 7. The Bertz CT molecular complexity index is 981. The zero-order valence-corrected chi connectivity index (χ0v) is 19.8. The molecule has 1 heterocycles. The molecule has 3 rings (SSSR count). The van der Waals surface area contributed by atoms with Gasteiger partial charge < -0.3 is 4.57 Å². The van der Waals surface area contributed by atoms with Gasteiger partial charge in [0.1, 0.15) is 0 Å². The second-order valence-electron chi connectivity index (χ2n) is 8.20. The van der Waals surface area contributed by atoms with Crippen LogP contribution >= 0.6 is 23.2 Å². The number of nitrogens with zero attached hydrogens (tertiary/aromatic N) is 1. The highest BCUT2D eigenvalue weighted by atomic mass is 35.5. The highest BCUT2D eigenvalue weighted by molar-refractivity contribution is 6.31. The van der Waals surface area contributed by atoms with Crippen molar-refractivity contribution < 1.29 is 9.59 Å². The molecule has 3 aromatic rings. The number of benzene rings is 2. The molecule has 0 spiro atoms. The van der Waals surface area contributed by atoms with Crippen molar-refractivity contribution in [3.05, 3.63) is 47.5 Å². The summed E-state index contributed by atoms with van der Waals surface area (Å²) in [5, 5.41) is 1.96. The smallest absolute Gasteiger partial charge is 0.177 e. The van der Waals surface area contributed by atoms with E-state index in [1.54, 1.807) is 0 Å². The number of carbonyl (C=O) groups is 2. The third-order valence-corrected chi connectivity index (χ3v) is 6.47. The molecule has 5 heteroatoms. The van der Waals surface area contributed by atoms with Crippen LogP contribution in [0.4, 0.5) is 0 Å². The molecular weight excluding hydrogens is 429 g/mol. The molecule has 166 valence electrons. The van der Waals surface area contributed by atoms with Gasteiger partial charge in [0.15, 0.2) is 11.6 Å². The third kappa shape index (κ3) is 5.70. The minimum atomic E-state index is -0.0967. The highest BCUT2D eigenvalue weighted by Gasteiger charge is 2.15. The molecule has 0 aliphatic heterocycles. The van der Waals surface area contributed by atoms with Gasteiger partial charge in [0.25, 0.3) is 0 Å². The molecule has 3 nitrogen and oxygen atoms in total. The fourth-order valence-corrected chi connectivity index (χ4v) is 4.56. The van der Waals surface area contributed by atoms with E-state index in [2.05, 4.69) is 11.5 Å². The maximum Gasteiger partial charge on any atom is 0.177 e. The predicted molar refractivity (Wildman–Crippen MR) is 132 cm³/mol. The summed E-state index contributed by atoms with van der Waals surface area (Å²) in [6.45, 7) is 3.16. The molecule has 0 amide bonds. The van der Waals surface area contributed by atoms with Gasteiger partial charge in [0.05, 0.1) is 11.8 Å². The third-order valence-electron chi connectivity index (χ3n) is 5.99. The van der Waals surface area contributed by atoms with E-state index in [4.69, 9.17) is 23.2 Å². The second kappa shape index (κ2) is 11.7. The van der Waals surface area contributed by atoms with Gasteiger partial charge in [0.2, 0.25) is 0 Å². The number of fused-ring (bicyclic) bond motifs is 3. The summed E-state index contributed by atoms with van der Waals surface area (Å²) in [6, 6.07) is 11.5. The van der Waals surface area contributed by atoms with Crippen LogP contribution in [0.25, 0.3) is 21.8 Å². The molecule has 0 unspecified atom stereocenters. The Hall–Kier alpha value is -1.84. The van der Waals surface area contributed by atoms with Crippen molar-refractivity contribution in [1.82, 2.24) is 4.57 Å². The average molecular weight is 460 g/mol. The van der Waals surface area contributed by atoms with Gasteiger partial charge in [0, 0.05) is 39.5 Å². The molecule has 1 aromatic heterocycles. The van der Waals surface area contributed by atoms with Gasteiger partial charge in [-0.1, -0.05) is 51.9 Å². The van der Waals surface area contributed by atoms with Crippen LogP contribution in [0.2, 0.25) is 0 Å². The molecule has 31 heavy (non-hydrogen) atoms. The SMILES string of the molecule is CCCCCCCCCCn1c2ccc(C(=O)CCl)cc2c2cc(C(=O)CCl)ccc21. The van der Waals surface area contributed by atoms with Crippen LogP contribution in [-0.2, 0) is 6.54 Å². The summed E-state index contributed by atoms with van der Waals surface area (Å²) in [6.07, 6.45) is 10.2. The first-order chi connectivity index (χ1) is 15.1. The molecule has 0 bridgehead atoms. The van der Waals surface area contributed by atoms with E-state index in [9.17, 15) is 9.59 Å². The number of carbonyl (C=O) groups excluding carboxylic acids is 2. The normalized spacial score (nSPS) is 11.5. The molecule has 0 atom stereocenters. The topological polar surface area (TPSA) is 39.1 Å². The number of alkyl halides is 2. The summed E-state index contributed by atoms with van der Waals surface area (Å²) in [5.74, 6) is -0.280. The number of rotatable bonds is 13. The first-order valence-corrected chi connectivity index (χ1v) is 12.4. The van der Waals surface area contributed by atoms with E-state index in [-0.39, 0.29) is 23.3 Å². The largest absolute Gasteiger partial charge is 0.340 e. The van der Waals surface area contributed by atoms with Crippen molar-refractivity contribution in [1.29, 1.82) is 0 Å². The summed E-state index contributed by atoms with van der Waals surface area (Å²) in [4.78, 5) is 24.3. The van der Waals surface area contributed by atoms with Crippen molar-refractivity contribution in [2.45, 2.75) is 64.8 Å². The zero-order chi connectivity index (χ0) is 22.2. The fourth-order valence-electron chi connectivity index (χ4n) is 4.25. The van der Waals surface area contributed by atoms with Crippen LogP contribution in [-0.4, -0.2) is 27.9 Å². The van der Waals surface area contributed by atoms with Crippen LogP contribution in [0.5, 0.6) is 0 Å². The average Bonchev–Trinajstić information content (AvgIpc) is 3.12. The molecule has 0 aliphatic rings. The van der Waals surface area contributed by atoms with Gasteiger partial charge in [-0.05, 0) is 42.8 Å².